The van der Waals surface area contributed by atoms with E-state index in [0.717, 1.165) is 31.6 Å². The minimum Gasteiger partial charge on any atom is -0.461 e. The van der Waals surface area contributed by atoms with Crippen LogP contribution in [0.3, 0.4) is 0 Å². The molecule has 5 heteroatoms. The van der Waals surface area contributed by atoms with Crippen LogP contribution < -0.4 is 0 Å². The van der Waals surface area contributed by atoms with Crippen molar-refractivity contribution in [2.75, 3.05) is 19.7 Å². The van der Waals surface area contributed by atoms with Gasteiger partial charge in [-0.3, -0.25) is 4.79 Å². The smallest absolute Gasteiger partial charge is 0.355 e. The van der Waals surface area contributed by atoms with Crippen molar-refractivity contribution >= 4 is 11.9 Å². The van der Waals surface area contributed by atoms with Gasteiger partial charge in [-0.15, -0.1) is 0 Å². The van der Waals surface area contributed by atoms with Crippen molar-refractivity contribution in [2.24, 2.45) is 7.05 Å². The second-order valence-corrected chi connectivity index (χ2v) is 5.51. The highest BCUT2D eigenvalue weighted by Gasteiger charge is 2.27. The van der Waals surface area contributed by atoms with Crippen LogP contribution in [0.15, 0.2) is 0 Å². The van der Waals surface area contributed by atoms with E-state index in [1.165, 1.54) is 0 Å². The van der Waals surface area contributed by atoms with Gasteiger partial charge in [0.2, 0.25) is 0 Å². The molecule has 0 aliphatic heterocycles. The number of amides is 1. The molecule has 0 aliphatic rings. The summed E-state index contributed by atoms with van der Waals surface area (Å²) in [5.74, 6) is -0.368. The summed E-state index contributed by atoms with van der Waals surface area (Å²) in [6.45, 7) is 11.4. The molecule has 0 radical (unpaired) electrons. The van der Waals surface area contributed by atoms with Gasteiger partial charge in [0.05, 0.1) is 12.2 Å². The van der Waals surface area contributed by atoms with Crippen molar-refractivity contribution in [1.29, 1.82) is 0 Å². The Kier molecular flexibility index (Phi) is 6.65. The first kappa shape index (κ1) is 18.3. The summed E-state index contributed by atoms with van der Waals surface area (Å²) < 4.78 is 6.87. The zero-order valence-electron chi connectivity index (χ0n) is 14.7. The van der Waals surface area contributed by atoms with Crippen LogP contribution in [0.1, 0.15) is 65.7 Å². The van der Waals surface area contributed by atoms with Gasteiger partial charge in [-0.25, -0.2) is 4.79 Å². The number of hydrogen-bond donors (Lipinski definition) is 0. The van der Waals surface area contributed by atoms with Gasteiger partial charge in [-0.2, -0.15) is 0 Å². The molecule has 22 heavy (non-hydrogen) atoms. The molecule has 1 rings (SSSR count). The lowest BCUT2D eigenvalue weighted by atomic mass is 10.1. The highest BCUT2D eigenvalue weighted by Crippen LogP contribution is 2.23. The predicted octanol–water partition coefficient (Wildman–Crippen LogP) is 3.08. The zero-order chi connectivity index (χ0) is 16.9. The number of hydrogen-bond acceptors (Lipinski definition) is 3. The summed E-state index contributed by atoms with van der Waals surface area (Å²) in [5.41, 5.74) is 2.62. The monoisotopic (exact) mass is 308 g/mol. The van der Waals surface area contributed by atoms with E-state index < -0.39 is 0 Å². The fourth-order valence-electron chi connectivity index (χ4n) is 2.79. The van der Waals surface area contributed by atoms with E-state index in [1.807, 2.05) is 18.7 Å². The van der Waals surface area contributed by atoms with E-state index in [1.54, 1.807) is 18.5 Å². The van der Waals surface area contributed by atoms with Crippen LogP contribution in [0, 0.1) is 13.8 Å². The zero-order valence-corrected chi connectivity index (χ0v) is 14.7. The molecule has 1 aromatic rings. The van der Waals surface area contributed by atoms with Crippen LogP contribution in [0.2, 0.25) is 0 Å². The fraction of sp³-hybridized carbons (Fsp3) is 0.647. The molecule has 0 atom stereocenters. The molecule has 0 aliphatic carbocycles. The summed E-state index contributed by atoms with van der Waals surface area (Å²) in [4.78, 5) is 26.9. The van der Waals surface area contributed by atoms with E-state index in [9.17, 15) is 9.59 Å². The molecule has 0 saturated carbocycles. The van der Waals surface area contributed by atoms with Crippen molar-refractivity contribution in [3.8, 4) is 0 Å². The number of aromatic nitrogens is 1. The van der Waals surface area contributed by atoms with E-state index >= 15 is 0 Å². The van der Waals surface area contributed by atoms with Crippen molar-refractivity contribution < 1.29 is 14.3 Å². The number of esters is 1. The molecule has 1 aromatic heterocycles. The van der Waals surface area contributed by atoms with Gasteiger partial charge in [-0.05, 0) is 39.2 Å². The van der Waals surface area contributed by atoms with Crippen LogP contribution in [-0.2, 0) is 11.8 Å². The second kappa shape index (κ2) is 8.01. The van der Waals surface area contributed by atoms with E-state index in [0.29, 0.717) is 23.4 Å². The van der Waals surface area contributed by atoms with Crippen LogP contribution >= 0.6 is 0 Å². The molecule has 1 amide bonds. The number of carbonyl (C=O) groups excluding carboxylic acids is 2. The maximum absolute atomic E-state index is 12.9. The average molecular weight is 308 g/mol. The summed E-state index contributed by atoms with van der Waals surface area (Å²) >= 11 is 0. The lowest BCUT2D eigenvalue weighted by molar-refractivity contribution is 0.0514. The SMILES string of the molecule is CCCN(CCC)C(=O)c1c(C)c(C(=O)OCC)n(C)c1C. The number of rotatable bonds is 7. The first-order chi connectivity index (χ1) is 10.4. The van der Waals surface area contributed by atoms with Gasteiger partial charge >= 0.3 is 5.97 Å². The maximum atomic E-state index is 12.9. The Hall–Kier alpha value is -1.78. The Morgan fingerprint density at radius 3 is 2.09 bits per heavy atom. The summed E-state index contributed by atoms with van der Waals surface area (Å²) in [7, 11) is 1.80. The molecule has 0 N–H and O–H groups in total. The Morgan fingerprint density at radius 2 is 1.64 bits per heavy atom. The lowest BCUT2D eigenvalue weighted by Gasteiger charge is -2.22. The largest absolute Gasteiger partial charge is 0.461 e. The number of nitrogens with zero attached hydrogens (tertiary/aromatic N) is 2. The molecular weight excluding hydrogens is 280 g/mol. The van der Waals surface area contributed by atoms with E-state index in [4.69, 9.17) is 4.74 Å². The Balaban J connectivity index is 3.27. The molecule has 0 saturated heterocycles. The number of ether oxygens (including phenoxy) is 1. The highest BCUT2D eigenvalue weighted by molar-refractivity contribution is 6.01. The quantitative estimate of drug-likeness (QED) is 0.727. The van der Waals surface area contributed by atoms with Crippen LogP contribution in [0.4, 0.5) is 0 Å². The van der Waals surface area contributed by atoms with Gasteiger partial charge in [0.15, 0.2) is 0 Å². The van der Waals surface area contributed by atoms with Gasteiger partial charge < -0.3 is 14.2 Å². The third kappa shape index (κ3) is 3.51. The third-order valence-corrected chi connectivity index (χ3v) is 3.89. The van der Waals surface area contributed by atoms with E-state index in [-0.39, 0.29) is 11.9 Å². The van der Waals surface area contributed by atoms with E-state index in [2.05, 4.69) is 13.8 Å². The topological polar surface area (TPSA) is 51.5 Å². The van der Waals surface area contributed by atoms with Crippen molar-refractivity contribution in [3.63, 3.8) is 0 Å². The molecular formula is C17H28N2O3. The van der Waals surface area contributed by atoms with Crippen LogP contribution in [0.5, 0.6) is 0 Å². The van der Waals surface area contributed by atoms with Gasteiger partial charge in [0, 0.05) is 25.8 Å². The first-order valence-electron chi connectivity index (χ1n) is 8.02. The van der Waals surface area contributed by atoms with Gasteiger partial charge in [0.25, 0.3) is 5.91 Å². The summed E-state index contributed by atoms with van der Waals surface area (Å²) in [6, 6.07) is 0. The molecule has 0 fully saturated rings. The highest BCUT2D eigenvalue weighted by atomic mass is 16.5. The Bertz CT molecular complexity index is 541. The molecule has 5 nitrogen and oxygen atoms in total. The average Bonchev–Trinajstić information content (AvgIpc) is 2.68. The molecule has 0 aromatic carbocycles. The van der Waals surface area contributed by atoms with Crippen molar-refractivity contribution in [2.45, 2.75) is 47.5 Å². The first-order valence-corrected chi connectivity index (χ1v) is 8.02. The van der Waals surface area contributed by atoms with Gasteiger partial charge in [0.1, 0.15) is 5.69 Å². The minimum absolute atomic E-state index is 0.00449. The molecule has 0 spiro atoms. The second-order valence-electron chi connectivity index (χ2n) is 5.51. The van der Waals surface area contributed by atoms with Crippen LogP contribution in [-0.4, -0.2) is 41.0 Å². The summed E-state index contributed by atoms with van der Waals surface area (Å²) in [6.07, 6.45) is 1.84. The lowest BCUT2D eigenvalue weighted by Crippen LogP contribution is -2.33. The van der Waals surface area contributed by atoms with Gasteiger partial charge in [-0.1, -0.05) is 13.8 Å². The van der Waals surface area contributed by atoms with Crippen molar-refractivity contribution in [3.05, 3.63) is 22.5 Å². The molecule has 0 unspecified atom stereocenters. The maximum Gasteiger partial charge on any atom is 0.355 e. The molecule has 124 valence electrons. The molecule has 1 heterocycles. The standard InChI is InChI=1S/C17H28N2O3/c1-7-10-19(11-8-2)16(20)14-12(4)15(17(21)22-9-3)18(6)13(14)5/h7-11H2,1-6H3. The Morgan fingerprint density at radius 1 is 1.09 bits per heavy atom. The summed E-state index contributed by atoms with van der Waals surface area (Å²) in [5, 5.41) is 0. The third-order valence-electron chi connectivity index (χ3n) is 3.89. The fourth-order valence-corrected chi connectivity index (χ4v) is 2.79. The van der Waals surface area contributed by atoms with Crippen LogP contribution in [0.25, 0.3) is 0 Å². The predicted molar refractivity (Wildman–Crippen MR) is 87.3 cm³/mol. The normalized spacial score (nSPS) is 10.6. The minimum atomic E-state index is -0.373. The number of carbonyl (C=O) groups is 2. The van der Waals surface area contributed by atoms with Crippen molar-refractivity contribution in [1.82, 2.24) is 9.47 Å². The Labute approximate surface area is 133 Å². The molecule has 0 bridgehead atoms.